The first-order chi connectivity index (χ1) is 10.7. The highest BCUT2D eigenvalue weighted by Gasteiger charge is 2.33. The molecule has 0 unspecified atom stereocenters. The Morgan fingerprint density at radius 2 is 1.91 bits per heavy atom. The molecular weight excluding hydrogens is 288 g/mol. The molecule has 1 N–H and O–H groups in total. The van der Waals surface area contributed by atoms with Gasteiger partial charge in [0, 0.05) is 24.2 Å². The molecule has 0 radical (unpaired) electrons. The summed E-state index contributed by atoms with van der Waals surface area (Å²) in [5.74, 6) is 0.0156. The number of rotatable bonds is 2. The highest BCUT2D eigenvalue weighted by atomic mass is 16.2. The van der Waals surface area contributed by atoms with E-state index in [0.717, 1.165) is 36.2 Å². The van der Waals surface area contributed by atoms with Crippen molar-refractivity contribution in [2.24, 2.45) is 11.3 Å². The zero-order chi connectivity index (χ0) is 17.2. The average Bonchev–Trinajstić information content (AvgIpc) is 2.49. The first-order valence-electron chi connectivity index (χ1n) is 8.36. The van der Waals surface area contributed by atoms with E-state index in [9.17, 15) is 9.59 Å². The molecule has 1 fully saturated rings. The molecule has 1 aromatic carbocycles. The van der Waals surface area contributed by atoms with Gasteiger partial charge in [-0.2, -0.15) is 0 Å². The lowest BCUT2D eigenvalue weighted by atomic mass is 9.91. The van der Waals surface area contributed by atoms with Crippen molar-refractivity contribution in [3.63, 3.8) is 0 Å². The zero-order valence-electron chi connectivity index (χ0n) is 14.9. The van der Waals surface area contributed by atoms with Gasteiger partial charge in [0.2, 0.25) is 11.8 Å². The third kappa shape index (κ3) is 4.34. The van der Waals surface area contributed by atoms with Gasteiger partial charge in [-0.1, -0.05) is 32.9 Å². The summed E-state index contributed by atoms with van der Waals surface area (Å²) in [5, 5.41) is 3.04. The topological polar surface area (TPSA) is 49.4 Å². The SMILES string of the molecule is Cc1ccc(C)c(NC(=O)[C@@H]2CCCN(C(=O)C(C)(C)C)C2)c1. The number of benzene rings is 1. The Hall–Kier alpha value is -1.84. The lowest BCUT2D eigenvalue weighted by molar-refractivity contribution is -0.142. The van der Waals surface area contributed by atoms with Crippen LogP contribution in [0.3, 0.4) is 0 Å². The fourth-order valence-corrected chi connectivity index (χ4v) is 2.96. The molecule has 23 heavy (non-hydrogen) atoms. The highest BCUT2D eigenvalue weighted by molar-refractivity contribution is 5.94. The first-order valence-corrected chi connectivity index (χ1v) is 8.36. The molecule has 126 valence electrons. The Bertz CT molecular complexity index is 602. The van der Waals surface area contributed by atoms with Gasteiger partial charge in [-0.3, -0.25) is 9.59 Å². The van der Waals surface area contributed by atoms with Crippen molar-refractivity contribution >= 4 is 17.5 Å². The number of amides is 2. The minimum Gasteiger partial charge on any atom is -0.341 e. The fraction of sp³-hybridized carbons (Fsp3) is 0.579. The first kappa shape index (κ1) is 17.5. The van der Waals surface area contributed by atoms with Crippen LogP contribution >= 0.6 is 0 Å². The maximum atomic E-state index is 12.6. The van der Waals surface area contributed by atoms with Crippen LogP contribution in [0.2, 0.25) is 0 Å². The molecule has 4 heteroatoms. The fourth-order valence-electron chi connectivity index (χ4n) is 2.96. The number of piperidine rings is 1. The van der Waals surface area contributed by atoms with E-state index in [1.165, 1.54) is 0 Å². The Morgan fingerprint density at radius 3 is 2.57 bits per heavy atom. The van der Waals surface area contributed by atoms with Gasteiger partial charge in [0.05, 0.1) is 5.92 Å². The van der Waals surface area contributed by atoms with Crippen molar-refractivity contribution in [1.29, 1.82) is 0 Å². The Kier molecular flexibility index (Phi) is 5.12. The van der Waals surface area contributed by atoms with Crippen molar-refractivity contribution in [1.82, 2.24) is 4.90 Å². The zero-order valence-corrected chi connectivity index (χ0v) is 14.9. The molecule has 2 rings (SSSR count). The van der Waals surface area contributed by atoms with Gasteiger partial charge >= 0.3 is 0 Å². The highest BCUT2D eigenvalue weighted by Crippen LogP contribution is 2.25. The maximum Gasteiger partial charge on any atom is 0.229 e. The second-order valence-electron chi connectivity index (χ2n) is 7.65. The van der Waals surface area contributed by atoms with Crippen molar-refractivity contribution in [3.05, 3.63) is 29.3 Å². The standard InChI is InChI=1S/C19H28N2O2/c1-13-8-9-14(2)16(11-13)20-17(22)15-7-6-10-21(12-15)18(23)19(3,4)5/h8-9,11,15H,6-7,10,12H2,1-5H3,(H,20,22)/t15-/m1/s1. The van der Waals surface area contributed by atoms with Crippen LogP contribution in [-0.2, 0) is 9.59 Å². The van der Waals surface area contributed by atoms with Crippen molar-refractivity contribution < 1.29 is 9.59 Å². The molecule has 2 amide bonds. The van der Waals surface area contributed by atoms with E-state index < -0.39 is 5.41 Å². The summed E-state index contributed by atoms with van der Waals surface area (Å²) in [4.78, 5) is 26.9. The summed E-state index contributed by atoms with van der Waals surface area (Å²) in [6, 6.07) is 6.05. The van der Waals surface area contributed by atoms with Gasteiger partial charge in [0.25, 0.3) is 0 Å². The number of carbonyl (C=O) groups is 2. The van der Waals surface area contributed by atoms with Crippen LogP contribution in [0.25, 0.3) is 0 Å². The normalized spacial score (nSPS) is 18.7. The Balaban J connectivity index is 2.05. The third-order valence-corrected chi connectivity index (χ3v) is 4.37. The van der Waals surface area contributed by atoms with Crippen LogP contribution in [0.4, 0.5) is 5.69 Å². The Morgan fingerprint density at radius 1 is 1.22 bits per heavy atom. The summed E-state index contributed by atoms with van der Waals surface area (Å²) >= 11 is 0. The van der Waals surface area contributed by atoms with E-state index in [4.69, 9.17) is 0 Å². The number of aryl methyl sites for hydroxylation is 2. The number of nitrogens with zero attached hydrogens (tertiary/aromatic N) is 1. The number of anilines is 1. The van der Waals surface area contributed by atoms with Crippen LogP contribution in [0, 0.1) is 25.2 Å². The van der Waals surface area contributed by atoms with Gasteiger partial charge in [-0.05, 0) is 43.9 Å². The molecule has 1 atom stereocenters. The molecule has 1 aliphatic rings. The quantitative estimate of drug-likeness (QED) is 0.907. The molecule has 1 heterocycles. The summed E-state index contributed by atoms with van der Waals surface area (Å²) in [5.41, 5.74) is 2.65. The van der Waals surface area contributed by atoms with E-state index in [1.54, 1.807) is 0 Å². The van der Waals surface area contributed by atoms with Crippen LogP contribution in [0.1, 0.15) is 44.7 Å². The number of hydrogen-bond acceptors (Lipinski definition) is 2. The van der Waals surface area contributed by atoms with E-state index >= 15 is 0 Å². The minimum atomic E-state index is -0.397. The molecule has 1 saturated heterocycles. The lowest BCUT2D eigenvalue weighted by Gasteiger charge is -2.36. The summed E-state index contributed by atoms with van der Waals surface area (Å²) in [6.45, 7) is 11.1. The third-order valence-electron chi connectivity index (χ3n) is 4.37. The Labute approximate surface area is 139 Å². The monoisotopic (exact) mass is 316 g/mol. The smallest absolute Gasteiger partial charge is 0.229 e. The molecule has 0 aliphatic carbocycles. The lowest BCUT2D eigenvalue weighted by Crippen LogP contribution is -2.47. The van der Waals surface area contributed by atoms with E-state index in [0.29, 0.717) is 6.54 Å². The van der Waals surface area contributed by atoms with E-state index in [2.05, 4.69) is 5.32 Å². The number of nitrogens with one attached hydrogen (secondary N) is 1. The van der Waals surface area contributed by atoms with Gasteiger partial charge in [0.1, 0.15) is 0 Å². The molecule has 0 spiro atoms. The minimum absolute atomic E-state index is 0.0186. The van der Waals surface area contributed by atoms with Crippen molar-refractivity contribution in [2.45, 2.75) is 47.5 Å². The number of likely N-dealkylation sites (tertiary alicyclic amines) is 1. The van der Waals surface area contributed by atoms with Gasteiger partial charge < -0.3 is 10.2 Å². The predicted molar refractivity (Wildman–Crippen MR) is 93.3 cm³/mol. The average molecular weight is 316 g/mol. The summed E-state index contributed by atoms with van der Waals surface area (Å²) in [7, 11) is 0. The molecule has 1 aliphatic heterocycles. The van der Waals surface area contributed by atoms with Gasteiger partial charge in [-0.25, -0.2) is 0 Å². The van der Waals surface area contributed by atoms with E-state index in [1.807, 2.05) is 57.7 Å². The summed E-state index contributed by atoms with van der Waals surface area (Å²) in [6.07, 6.45) is 1.72. The maximum absolute atomic E-state index is 12.6. The van der Waals surface area contributed by atoms with Crippen LogP contribution in [-0.4, -0.2) is 29.8 Å². The van der Waals surface area contributed by atoms with Crippen LogP contribution in [0.5, 0.6) is 0 Å². The second-order valence-corrected chi connectivity index (χ2v) is 7.65. The van der Waals surface area contributed by atoms with Crippen molar-refractivity contribution in [2.75, 3.05) is 18.4 Å². The summed E-state index contributed by atoms with van der Waals surface area (Å²) < 4.78 is 0. The molecular formula is C19H28N2O2. The predicted octanol–water partition coefficient (Wildman–Crippen LogP) is 3.53. The molecule has 0 saturated carbocycles. The number of carbonyl (C=O) groups excluding carboxylic acids is 2. The van der Waals surface area contributed by atoms with E-state index in [-0.39, 0.29) is 17.7 Å². The van der Waals surface area contributed by atoms with Crippen LogP contribution < -0.4 is 5.32 Å². The van der Waals surface area contributed by atoms with Gasteiger partial charge in [-0.15, -0.1) is 0 Å². The molecule has 1 aromatic rings. The molecule has 0 aromatic heterocycles. The van der Waals surface area contributed by atoms with Crippen molar-refractivity contribution in [3.8, 4) is 0 Å². The molecule has 4 nitrogen and oxygen atoms in total. The largest absolute Gasteiger partial charge is 0.341 e. The number of hydrogen-bond donors (Lipinski definition) is 1. The second kappa shape index (κ2) is 6.73. The van der Waals surface area contributed by atoms with Crippen LogP contribution in [0.15, 0.2) is 18.2 Å². The molecule has 0 bridgehead atoms. The van der Waals surface area contributed by atoms with Gasteiger partial charge in [0.15, 0.2) is 0 Å².